The zero-order valence-electron chi connectivity index (χ0n) is 7.03. The van der Waals surface area contributed by atoms with Crippen molar-refractivity contribution in [2.24, 2.45) is 0 Å². The van der Waals surface area contributed by atoms with Crippen LogP contribution >= 0.6 is 0 Å². The molecule has 0 bridgehead atoms. The monoisotopic (exact) mass is 190 g/mol. The maximum Gasteiger partial charge on any atom is 0.356 e. The SMILES string of the molecule is O=C(O)c1ccc(-n2ccnc2)nn1. The minimum atomic E-state index is -1.09. The molecule has 0 saturated carbocycles. The molecule has 1 N–H and O–H groups in total. The number of hydrogen-bond acceptors (Lipinski definition) is 4. The molecule has 14 heavy (non-hydrogen) atoms. The molecule has 0 spiro atoms. The molecule has 70 valence electrons. The largest absolute Gasteiger partial charge is 0.476 e. The van der Waals surface area contributed by atoms with E-state index in [-0.39, 0.29) is 5.69 Å². The van der Waals surface area contributed by atoms with E-state index in [1.807, 2.05) is 0 Å². The summed E-state index contributed by atoms with van der Waals surface area (Å²) >= 11 is 0. The van der Waals surface area contributed by atoms with Gasteiger partial charge in [0.05, 0.1) is 0 Å². The van der Waals surface area contributed by atoms with Crippen molar-refractivity contribution in [3.63, 3.8) is 0 Å². The Morgan fingerprint density at radius 2 is 2.21 bits per heavy atom. The molecule has 2 aromatic rings. The fourth-order valence-corrected chi connectivity index (χ4v) is 0.972. The number of carboxylic acid groups (broad SMARTS) is 1. The van der Waals surface area contributed by atoms with Gasteiger partial charge in [0.2, 0.25) is 0 Å². The third-order valence-electron chi connectivity index (χ3n) is 1.64. The van der Waals surface area contributed by atoms with E-state index >= 15 is 0 Å². The van der Waals surface area contributed by atoms with Gasteiger partial charge in [0.15, 0.2) is 11.5 Å². The summed E-state index contributed by atoms with van der Waals surface area (Å²) in [5, 5.41) is 15.9. The molecule has 0 fully saturated rings. The van der Waals surface area contributed by atoms with Crippen molar-refractivity contribution in [3.05, 3.63) is 36.5 Å². The van der Waals surface area contributed by atoms with E-state index in [4.69, 9.17) is 5.11 Å². The van der Waals surface area contributed by atoms with Crippen molar-refractivity contribution < 1.29 is 9.90 Å². The van der Waals surface area contributed by atoms with Gasteiger partial charge < -0.3 is 5.11 Å². The van der Waals surface area contributed by atoms with Gasteiger partial charge in [0.1, 0.15) is 6.33 Å². The van der Waals surface area contributed by atoms with Crippen LogP contribution in [-0.2, 0) is 0 Å². The highest BCUT2D eigenvalue weighted by molar-refractivity contribution is 5.85. The predicted molar refractivity (Wildman–Crippen MR) is 46.1 cm³/mol. The topological polar surface area (TPSA) is 80.9 Å². The minimum absolute atomic E-state index is 0.0751. The molecule has 0 atom stereocenters. The quantitative estimate of drug-likeness (QED) is 0.739. The Morgan fingerprint density at radius 1 is 1.36 bits per heavy atom. The minimum Gasteiger partial charge on any atom is -0.476 e. The number of aromatic carboxylic acids is 1. The summed E-state index contributed by atoms with van der Waals surface area (Å²) in [6.45, 7) is 0. The van der Waals surface area contributed by atoms with Crippen LogP contribution in [0.25, 0.3) is 5.82 Å². The van der Waals surface area contributed by atoms with Crippen LogP contribution in [0.15, 0.2) is 30.9 Å². The van der Waals surface area contributed by atoms with Crippen LogP contribution in [0.5, 0.6) is 0 Å². The Kier molecular flexibility index (Phi) is 1.94. The first-order valence-electron chi connectivity index (χ1n) is 3.83. The average molecular weight is 190 g/mol. The maximum atomic E-state index is 10.5. The summed E-state index contributed by atoms with van der Waals surface area (Å²) < 4.78 is 1.64. The molecule has 0 aliphatic heterocycles. The molecule has 0 saturated heterocycles. The van der Waals surface area contributed by atoms with Gasteiger partial charge in [-0.2, -0.15) is 0 Å². The second kappa shape index (κ2) is 3.25. The lowest BCUT2D eigenvalue weighted by atomic mass is 10.4. The van der Waals surface area contributed by atoms with Crippen LogP contribution < -0.4 is 0 Å². The molecule has 6 nitrogen and oxygen atoms in total. The lowest BCUT2D eigenvalue weighted by molar-refractivity contribution is 0.0689. The van der Waals surface area contributed by atoms with Crippen LogP contribution in [0, 0.1) is 0 Å². The first kappa shape index (κ1) is 8.36. The predicted octanol–water partition coefficient (Wildman–Crippen LogP) is 0.360. The van der Waals surface area contributed by atoms with E-state index in [9.17, 15) is 4.79 Å². The first-order chi connectivity index (χ1) is 6.77. The fourth-order valence-electron chi connectivity index (χ4n) is 0.972. The van der Waals surface area contributed by atoms with Gasteiger partial charge in [-0.1, -0.05) is 0 Å². The molecule has 0 aliphatic carbocycles. The molecule has 2 heterocycles. The highest BCUT2D eigenvalue weighted by Crippen LogP contribution is 2.02. The summed E-state index contributed by atoms with van der Waals surface area (Å²) in [4.78, 5) is 14.3. The Hall–Kier alpha value is -2.24. The lowest BCUT2D eigenvalue weighted by Crippen LogP contribution is -2.04. The van der Waals surface area contributed by atoms with Gasteiger partial charge in [-0.25, -0.2) is 9.78 Å². The molecule has 0 radical (unpaired) electrons. The van der Waals surface area contributed by atoms with E-state index in [0.717, 1.165) is 0 Å². The summed E-state index contributed by atoms with van der Waals surface area (Å²) in [7, 11) is 0. The lowest BCUT2D eigenvalue weighted by Gasteiger charge is -1.98. The van der Waals surface area contributed by atoms with E-state index in [0.29, 0.717) is 5.82 Å². The highest BCUT2D eigenvalue weighted by Gasteiger charge is 2.05. The van der Waals surface area contributed by atoms with Crippen molar-refractivity contribution in [3.8, 4) is 5.82 Å². The zero-order chi connectivity index (χ0) is 9.97. The Balaban J connectivity index is 2.36. The van der Waals surface area contributed by atoms with Crippen molar-refractivity contribution in [1.82, 2.24) is 19.7 Å². The molecule has 2 aromatic heterocycles. The van der Waals surface area contributed by atoms with E-state index in [1.165, 1.54) is 6.07 Å². The maximum absolute atomic E-state index is 10.5. The van der Waals surface area contributed by atoms with Crippen LogP contribution in [0.4, 0.5) is 0 Å². The standard InChI is InChI=1S/C8H6N4O2/c13-8(14)6-1-2-7(11-10-6)12-4-3-9-5-12/h1-5H,(H,13,14). The number of nitrogens with zero attached hydrogens (tertiary/aromatic N) is 4. The van der Waals surface area contributed by atoms with Gasteiger partial charge in [0.25, 0.3) is 0 Å². The van der Waals surface area contributed by atoms with Crippen LogP contribution in [0.2, 0.25) is 0 Å². The number of aromatic nitrogens is 4. The van der Waals surface area contributed by atoms with Crippen molar-refractivity contribution in [2.75, 3.05) is 0 Å². The number of carbonyl (C=O) groups is 1. The normalized spacial score (nSPS) is 10.0. The number of carboxylic acids is 1. The number of hydrogen-bond donors (Lipinski definition) is 1. The summed E-state index contributed by atoms with van der Waals surface area (Å²) in [5.74, 6) is -0.554. The molecular formula is C8H6N4O2. The van der Waals surface area contributed by atoms with E-state index in [2.05, 4.69) is 15.2 Å². The van der Waals surface area contributed by atoms with Crippen LogP contribution in [0.3, 0.4) is 0 Å². The molecule has 0 unspecified atom stereocenters. The molecule has 6 heteroatoms. The molecule has 0 aromatic carbocycles. The molecule has 0 aliphatic rings. The van der Waals surface area contributed by atoms with Crippen LogP contribution in [-0.4, -0.2) is 30.8 Å². The van der Waals surface area contributed by atoms with Crippen molar-refractivity contribution in [1.29, 1.82) is 0 Å². The van der Waals surface area contributed by atoms with Gasteiger partial charge in [-0.15, -0.1) is 10.2 Å². The summed E-state index contributed by atoms with van der Waals surface area (Å²) in [5.41, 5.74) is -0.0751. The van der Waals surface area contributed by atoms with Crippen molar-refractivity contribution in [2.45, 2.75) is 0 Å². The van der Waals surface area contributed by atoms with Gasteiger partial charge in [-0.3, -0.25) is 4.57 Å². The number of rotatable bonds is 2. The first-order valence-corrected chi connectivity index (χ1v) is 3.83. The Bertz CT molecular complexity index is 435. The zero-order valence-corrected chi connectivity index (χ0v) is 7.03. The third-order valence-corrected chi connectivity index (χ3v) is 1.64. The van der Waals surface area contributed by atoms with E-state index in [1.54, 1.807) is 29.4 Å². The van der Waals surface area contributed by atoms with Gasteiger partial charge in [0, 0.05) is 12.4 Å². The molecule has 2 rings (SSSR count). The molecule has 0 amide bonds. The third kappa shape index (κ3) is 1.45. The highest BCUT2D eigenvalue weighted by atomic mass is 16.4. The Morgan fingerprint density at radius 3 is 2.71 bits per heavy atom. The van der Waals surface area contributed by atoms with Gasteiger partial charge >= 0.3 is 5.97 Å². The number of imidazole rings is 1. The Labute approximate surface area is 78.9 Å². The smallest absolute Gasteiger partial charge is 0.356 e. The fraction of sp³-hybridized carbons (Fsp3) is 0. The summed E-state index contributed by atoms with van der Waals surface area (Å²) in [6.07, 6.45) is 4.86. The molecular weight excluding hydrogens is 184 g/mol. The van der Waals surface area contributed by atoms with Crippen LogP contribution in [0.1, 0.15) is 10.5 Å². The summed E-state index contributed by atoms with van der Waals surface area (Å²) in [6, 6.07) is 2.96. The average Bonchev–Trinajstić information content (AvgIpc) is 2.71. The second-order valence-corrected chi connectivity index (χ2v) is 2.55. The van der Waals surface area contributed by atoms with E-state index < -0.39 is 5.97 Å². The second-order valence-electron chi connectivity index (χ2n) is 2.55. The van der Waals surface area contributed by atoms with Gasteiger partial charge in [-0.05, 0) is 12.1 Å². The van der Waals surface area contributed by atoms with Crippen molar-refractivity contribution >= 4 is 5.97 Å².